The van der Waals surface area contributed by atoms with Crippen molar-refractivity contribution in [2.45, 2.75) is 32.7 Å². The molecule has 2 heterocycles. The summed E-state index contributed by atoms with van der Waals surface area (Å²) < 4.78 is 32.7. The third-order valence-electron chi connectivity index (χ3n) is 6.18. The van der Waals surface area contributed by atoms with Crippen molar-refractivity contribution in [3.63, 3.8) is 0 Å². The molecule has 1 atom stereocenters. The molecular weight excluding hydrogens is 424 g/mol. The van der Waals surface area contributed by atoms with Gasteiger partial charge in [0.1, 0.15) is 17.9 Å². The van der Waals surface area contributed by atoms with Crippen LogP contribution in [0.2, 0.25) is 0 Å². The monoisotopic (exact) mass is 449 g/mol. The van der Waals surface area contributed by atoms with Gasteiger partial charge >= 0.3 is 5.97 Å². The molecular formula is C21H25F2N5O4. The number of oxime groups is 1. The Morgan fingerprint density at radius 1 is 1.38 bits per heavy atom. The second-order valence-corrected chi connectivity index (χ2v) is 8.51. The molecule has 2 fully saturated rings. The maximum Gasteiger partial charge on any atom is 0.341 e. The summed E-state index contributed by atoms with van der Waals surface area (Å²) in [5.41, 5.74) is 9.00. The molecule has 0 amide bonds. The standard InChI is InChI=1S/C21H25F2N5O4/c1-3-32-26-12-7-27(9-21(12,2)8-24)18-14(22)16(25)13-17(15(18)23)28(10-4-5-10)6-11(19(13)29)20(30)31/h6,10H,3-5,7-9,24-25H2,1-2H3,(H,30,31)/b26-12-. The first kappa shape index (κ1) is 22.0. The molecule has 1 aromatic heterocycles. The predicted octanol–water partition coefficient (Wildman–Crippen LogP) is 2.07. The molecule has 1 saturated heterocycles. The first-order valence-electron chi connectivity index (χ1n) is 10.4. The molecule has 1 aliphatic carbocycles. The van der Waals surface area contributed by atoms with Crippen LogP contribution in [0.25, 0.3) is 10.9 Å². The van der Waals surface area contributed by atoms with E-state index >= 15 is 8.78 Å². The van der Waals surface area contributed by atoms with Crippen LogP contribution >= 0.6 is 0 Å². The van der Waals surface area contributed by atoms with Gasteiger partial charge in [-0.05, 0) is 19.8 Å². The van der Waals surface area contributed by atoms with Crippen LogP contribution in [-0.4, -0.2) is 47.6 Å². The van der Waals surface area contributed by atoms with Crippen molar-refractivity contribution in [2.24, 2.45) is 16.3 Å². The molecule has 2 aromatic rings. The van der Waals surface area contributed by atoms with Gasteiger partial charge in [-0.2, -0.15) is 0 Å². The van der Waals surface area contributed by atoms with Gasteiger partial charge in [0.05, 0.1) is 28.8 Å². The fourth-order valence-electron chi connectivity index (χ4n) is 4.19. The van der Waals surface area contributed by atoms with Gasteiger partial charge in [0.2, 0.25) is 5.43 Å². The molecule has 1 aromatic carbocycles. The Hall–Kier alpha value is -3.21. The molecule has 1 saturated carbocycles. The average Bonchev–Trinajstić information content (AvgIpc) is 3.54. The Labute approximate surface area is 182 Å². The lowest BCUT2D eigenvalue weighted by atomic mass is 9.88. The zero-order valence-electron chi connectivity index (χ0n) is 17.8. The second-order valence-electron chi connectivity index (χ2n) is 8.51. The van der Waals surface area contributed by atoms with Crippen LogP contribution in [0.4, 0.5) is 20.2 Å². The molecule has 11 heteroatoms. The number of hydrogen-bond donors (Lipinski definition) is 3. The lowest BCUT2D eigenvalue weighted by molar-refractivity contribution is 0.0695. The summed E-state index contributed by atoms with van der Waals surface area (Å²) in [6.45, 7) is 4.32. The number of carboxylic acid groups (broad SMARTS) is 1. The first-order valence-corrected chi connectivity index (χ1v) is 10.4. The fourth-order valence-corrected chi connectivity index (χ4v) is 4.19. The SMILES string of the molecule is CCO/N=C1/CN(c2c(F)c(N)c3c(=O)c(C(=O)O)cn(C4CC4)c3c2F)CC1(C)CN. The number of rotatable bonds is 6. The van der Waals surface area contributed by atoms with E-state index in [1.807, 2.05) is 6.92 Å². The highest BCUT2D eigenvalue weighted by molar-refractivity contribution is 6.02. The number of benzene rings is 1. The Bertz CT molecular complexity index is 1210. The maximum atomic E-state index is 15.9. The van der Waals surface area contributed by atoms with Crippen molar-refractivity contribution in [2.75, 3.05) is 36.9 Å². The molecule has 9 nitrogen and oxygen atoms in total. The molecule has 1 unspecified atom stereocenters. The quantitative estimate of drug-likeness (QED) is 0.454. The molecule has 0 bridgehead atoms. The summed E-state index contributed by atoms with van der Waals surface area (Å²) >= 11 is 0. The van der Waals surface area contributed by atoms with E-state index in [1.54, 1.807) is 6.92 Å². The van der Waals surface area contributed by atoms with Gasteiger partial charge in [-0.15, -0.1) is 0 Å². The molecule has 0 spiro atoms. The number of carbonyl (C=O) groups is 1. The zero-order chi connectivity index (χ0) is 23.4. The fraction of sp³-hybridized carbons (Fsp3) is 0.476. The maximum absolute atomic E-state index is 15.9. The van der Waals surface area contributed by atoms with Crippen LogP contribution in [-0.2, 0) is 4.84 Å². The molecule has 5 N–H and O–H groups in total. The molecule has 0 radical (unpaired) electrons. The largest absolute Gasteiger partial charge is 0.477 e. The van der Waals surface area contributed by atoms with Gasteiger partial charge in [-0.3, -0.25) is 4.79 Å². The first-order chi connectivity index (χ1) is 15.1. The van der Waals surface area contributed by atoms with E-state index in [0.717, 1.165) is 6.20 Å². The van der Waals surface area contributed by atoms with E-state index in [1.165, 1.54) is 9.47 Å². The minimum Gasteiger partial charge on any atom is -0.477 e. The van der Waals surface area contributed by atoms with Crippen molar-refractivity contribution >= 4 is 34.0 Å². The number of halogens is 2. The van der Waals surface area contributed by atoms with Crippen LogP contribution in [0, 0.1) is 17.0 Å². The van der Waals surface area contributed by atoms with E-state index in [0.29, 0.717) is 25.2 Å². The summed E-state index contributed by atoms with van der Waals surface area (Å²) in [6, 6.07) is -0.189. The molecule has 32 heavy (non-hydrogen) atoms. The highest BCUT2D eigenvalue weighted by Crippen LogP contribution is 2.43. The van der Waals surface area contributed by atoms with Crippen molar-refractivity contribution in [3.05, 3.63) is 33.6 Å². The smallest absolute Gasteiger partial charge is 0.341 e. The Morgan fingerprint density at radius 3 is 2.62 bits per heavy atom. The van der Waals surface area contributed by atoms with E-state index in [2.05, 4.69) is 5.16 Å². The number of carboxylic acids is 1. The highest BCUT2D eigenvalue weighted by Gasteiger charge is 2.43. The van der Waals surface area contributed by atoms with E-state index in [9.17, 15) is 14.7 Å². The van der Waals surface area contributed by atoms with Crippen molar-refractivity contribution in [3.8, 4) is 0 Å². The highest BCUT2D eigenvalue weighted by atomic mass is 19.1. The summed E-state index contributed by atoms with van der Waals surface area (Å²) in [6.07, 6.45) is 2.48. The topological polar surface area (TPSA) is 136 Å². The number of aromatic nitrogens is 1. The molecule has 2 aliphatic rings. The number of nitrogens with two attached hydrogens (primary N) is 2. The number of anilines is 2. The van der Waals surface area contributed by atoms with Gasteiger partial charge in [0, 0.05) is 30.7 Å². The number of nitrogen functional groups attached to an aromatic ring is 1. The Morgan fingerprint density at radius 2 is 2.06 bits per heavy atom. The minimum absolute atomic E-state index is 0.0629. The van der Waals surface area contributed by atoms with Gasteiger partial charge in [-0.25, -0.2) is 13.6 Å². The van der Waals surface area contributed by atoms with Crippen LogP contribution in [0.1, 0.15) is 43.1 Å². The summed E-state index contributed by atoms with van der Waals surface area (Å²) in [5.74, 6) is -3.57. The Kier molecular flexibility index (Phi) is 5.32. The minimum atomic E-state index is -1.48. The number of aromatic carboxylic acids is 1. The van der Waals surface area contributed by atoms with Crippen molar-refractivity contribution < 1.29 is 23.5 Å². The van der Waals surface area contributed by atoms with E-state index in [-0.39, 0.29) is 31.2 Å². The summed E-state index contributed by atoms with van der Waals surface area (Å²) in [4.78, 5) is 30.9. The average molecular weight is 449 g/mol. The number of nitrogens with zero attached hydrogens (tertiary/aromatic N) is 3. The van der Waals surface area contributed by atoms with Gasteiger partial charge < -0.3 is 30.9 Å². The summed E-state index contributed by atoms with van der Waals surface area (Å²) in [5, 5.41) is 13.0. The normalized spacial score (nSPS) is 22.2. The number of hydrogen-bond acceptors (Lipinski definition) is 7. The van der Waals surface area contributed by atoms with Crippen molar-refractivity contribution in [1.29, 1.82) is 0 Å². The molecule has 172 valence electrons. The number of pyridine rings is 1. The predicted molar refractivity (Wildman–Crippen MR) is 116 cm³/mol. The van der Waals surface area contributed by atoms with Crippen LogP contribution in [0.15, 0.2) is 16.1 Å². The van der Waals surface area contributed by atoms with Gasteiger partial charge in [-0.1, -0.05) is 12.1 Å². The lowest BCUT2D eigenvalue weighted by Crippen LogP contribution is -2.36. The van der Waals surface area contributed by atoms with E-state index < -0.39 is 50.8 Å². The Balaban J connectivity index is 1.97. The van der Waals surface area contributed by atoms with E-state index in [4.69, 9.17) is 16.3 Å². The third-order valence-corrected chi connectivity index (χ3v) is 6.18. The lowest BCUT2D eigenvalue weighted by Gasteiger charge is -2.25. The van der Waals surface area contributed by atoms with Gasteiger partial charge in [0.15, 0.2) is 11.6 Å². The van der Waals surface area contributed by atoms with Gasteiger partial charge in [0.25, 0.3) is 0 Å². The number of fused-ring (bicyclic) bond motifs is 1. The third kappa shape index (κ3) is 3.27. The zero-order valence-corrected chi connectivity index (χ0v) is 17.8. The molecule has 4 rings (SSSR count). The van der Waals surface area contributed by atoms with Crippen LogP contribution < -0.4 is 21.8 Å². The van der Waals surface area contributed by atoms with Crippen molar-refractivity contribution in [1.82, 2.24) is 4.57 Å². The van der Waals surface area contributed by atoms with Crippen LogP contribution in [0.3, 0.4) is 0 Å². The van der Waals surface area contributed by atoms with Crippen LogP contribution in [0.5, 0.6) is 0 Å². The second kappa shape index (κ2) is 7.73. The summed E-state index contributed by atoms with van der Waals surface area (Å²) in [7, 11) is 0. The molecule has 1 aliphatic heterocycles.